The predicted octanol–water partition coefficient (Wildman–Crippen LogP) is 6.06. The zero-order valence-electron chi connectivity index (χ0n) is 17.0. The van der Waals surface area contributed by atoms with Crippen LogP contribution in [-0.2, 0) is 5.41 Å². The Labute approximate surface area is 172 Å². The minimum absolute atomic E-state index is 0.276. The third-order valence-electron chi connectivity index (χ3n) is 6.71. The van der Waals surface area contributed by atoms with Crippen molar-refractivity contribution in [3.05, 3.63) is 88.5 Å². The van der Waals surface area contributed by atoms with E-state index in [1.54, 1.807) is 18.2 Å². The monoisotopic (exact) mass is 388 g/mol. The second kappa shape index (κ2) is 7.47. The molecule has 0 atom stereocenters. The molecular weight excluding hydrogens is 360 g/mol. The van der Waals surface area contributed by atoms with Gasteiger partial charge in [-0.3, -0.25) is 0 Å². The standard InChI is InChI=1S/C26H28O3/c1-17-4-3-5-23(25(17)29)26(21-8-11-24(28)18(2)16-21)14-12-20(13-15-26)19-6-9-22(27)10-7-19/h3-11,16,20,27-29H,12-15H2,1-2H3. The summed E-state index contributed by atoms with van der Waals surface area (Å²) in [6.45, 7) is 3.86. The largest absolute Gasteiger partial charge is 0.508 e. The van der Waals surface area contributed by atoms with Crippen molar-refractivity contribution >= 4 is 0 Å². The molecular formula is C26H28O3. The summed E-state index contributed by atoms with van der Waals surface area (Å²) in [5, 5.41) is 30.6. The van der Waals surface area contributed by atoms with E-state index in [9.17, 15) is 15.3 Å². The van der Waals surface area contributed by atoms with E-state index in [0.29, 0.717) is 23.2 Å². The lowest BCUT2D eigenvalue weighted by atomic mass is 9.61. The molecule has 0 unspecified atom stereocenters. The van der Waals surface area contributed by atoms with Crippen LogP contribution in [0, 0.1) is 13.8 Å². The van der Waals surface area contributed by atoms with Crippen LogP contribution in [-0.4, -0.2) is 15.3 Å². The number of hydrogen-bond donors (Lipinski definition) is 3. The second-order valence-corrected chi connectivity index (χ2v) is 8.42. The summed E-state index contributed by atoms with van der Waals surface area (Å²) >= 11 is 0. The van der Waals surface area contributed by atoms with Gasteiger partial charge < -0.3 is 15.3 Å². The third-order valence-corrected chi connectivity index (χ3v) is 6.71. The van der Waals surface area contributed by atoms with E-state index in [1.165, 1.54) is 5.56 Å². The Morgan fingerprint density at radius 2 is 1.48 bits per heavy atom. The van der Waals surface area contributed by atoms with Gasteiger partial charge >= 0.3 is 0 Å². The van der Waals surface area contributed by atoms with Gasteiger partial charge in [-0.2, -0.15) is 0 Å². The summed E-state index contributed by atoms with van der Waals surface area (Å²) in [6.07, 6.45) is 3.83. The Bertz CT molecular complexity index is 1010. The molecule has 150 valence electrons. The van der Waals surface area contributed by atoms with Crippen molar-refractivity contribution in [2.75, 3.05) is 0 Å². The van der Waals surface area contributed by atoms with Crippen LogP contribution in [0.15, 0.2) is 60.7 Å². The van der Waals surface area contributed by atoms with Crippen molar-refractivity contribution < 1.29 is 15.3 Å². The average Bonchev–Trinajstić information content (AvgIpc) is 2.73. The minimum Gasteiger partial charge on any atom is -0.508 e. The molecule has 0 spiro atoms. The van der Waals surface area contributed by atoms with Gasteiger partial charge in [-0.05, 0) is 85.9 Å². The highest BCUT2D eigenvalue weighted by Gasteiger charge is 2.40. The number of aryl methyl sites for hydroxylation is 2. The smallest absolute Gasteiger partial charge is 0.122 e. The molecule has 4 rings (SSSR count). The van der Waals surface area contributed by atoms with E-state index < -0.39 is 0 Å². The molecule has 1 aliphatic carbocycles. The molecule has 3 nitrogen and oxygen atoms in total. The molecule has 1 saturated carbocycles. The van der Waals surface area contributed by atoms with Crippen LogP contribution in [0.4, 0.5) is 0 Å². The third kappa shape index (κ3) is 3.46. The fourth-order valence-corrected chi connectivity index (χ4v) is 4.90. The average molecular weight is 389 g/mol. The van der Waals surface area contributed by atoms with Gasteiger partial charge in [-0.25, -0.2) is 0 Å². The molecule has 3 aromatic carbocycles. The van der Waals surface area contributed by atoms with Crippen LogP contribution in [0.2, 0.25) is 0 Å². The summed E-state index contributed by atoms with van der Waals surface area (Å²) in [7, 11) is 0. The molecule has 29 heavy (non-hydrogen) atoms. The van der Waals surface area contributed by atoms with Crippen LogP contribution in [0.1, 0.15) is 59.4 Å². The first-order valence-electron chi connectivity index (χ1n) is 10.3. The number of phenols is 3. The van der Waals surface area contributed by atoms with Crippen molar-refractivity contribution in [3.8, 4) is 17.2 Å². The zero-order chi connectivity index (χ0) is 20.6. The van der Waals surface area contributed by atoms with Gasteiger partial charge in [-0.1, -0.05) is 42.5 Å². The van der Waals surface area contributed by atoms with E-state index in [0.717, 1.165) is 47.9 Å². The molecule has 3 N–H and O–H groups in total. The van der Waals surface area contributed by atoms with E-state index in [2.05, 4.69) is 6.07 Å². The zero-order valence-corrected chi connectivity index (χ0v) is 17.0. The van der Waals surface area contributed by atoms with Gasteiger partial charge in [0.2, 0.25) is 0 Å². The molecule has 0 radical (unpaired) electrons. The number of hydrogen-bond acceptors (Lipinski definition) is 3. The molecule has 0 aliphatic heterocycles. The van der Waals surface area contributed by atoms with Crippen LogP contribution in [0.5, 0.6) is 17.2 Å². The van der Waals surface area contributed by atoms with Gasteiger partial charge in [0.25, 0.3) is 0 Å². The highest BCUT2D eigenvalue weighted by Crippen LogP contribution is 2.52. The molecule has 1 fully saturated rings. The first kappa shape index (κ1) is 19.4. The van der Waals surface area contributed by atoms with Gasteiger partial charge in [0.05, 0.1) is 0 Å². The van der Waals surface area contributed by atoms with E-state index in [-0.39, 0.29) is 5.41 Å². The first-order chi connectivity index (χ1) is 13.9. The summed E-state index contributed by atoms with van der Waals surface area (Å²) in [5.74, 6) is 1.41. The fourth-order valence-electron chi connectivity index (χ4n) is 4.90. The fraction of sp³-hybridized carbons (Fsp3) is 0.308. The Kier molecular flexibility index (Phi) is 4.99. The van der Waals surface area contributed by atoms with Crippen molar-refractivity contribution in [2.45, 2.75) is 50.9 Å². The number of rotatable bonds is 3. The summed E-state index contributed by atoms with van der Waals surface area (Å²) < 4.78 is 0. The summed E-state index contributed by atoms with van der Waals surface area (Å²) in [4.78, 5) is 0. The van der Waals surface area contributed by atoms with Gasteiger partial charge in [0.1, 0.15) is 17.2 Å². The van der Waals surface area contributed by atoms with Gasteiger partial charge in [-0.15, -0.1) is 0 Å². The molecule has 3 aromatic rings. The Balaban J connectivity index is 1.75. The Morgan fingerprint density at radius 3 is 2.14 bits per heavy atom. The molecule has 1 aliphatic rings. The van der Waals surface area contributed by atoms with Crippen molar-refractivity contribution in [1.29, 1.82) is 0 Å². The topological polar surface area (TPSA) is 60.7 Å². The summed E-state index contributed by atoms with van der Waals surface area (Å²) in [5.41, 5.74) is 4.85. The lowest BCUT2D eigenvalue weighted by Gasteiger charge is -2.42. The highest BCUT2D eigenvalue weighted by molar-refractivity contribution is 5.52. The van der Waals surface area contributed by atoms with Gasteiger partial charge in [0.15, 0.2) is 0 Å². The van der Waals surface area contributed by atoms with Crippen LogP contribution in [0.25, 0.3) is 0 Å². The SMILES string of the molecule is Cc1cc(C2(c3cccc(C)c3O)CCC(c3ccc(O)cc3)CC2)ccc1O. The molecule has 0 amide bonds. The Morgan fingerprint density at radius 1 is 0.793 bits per heavy atom. The number of phenolic OH excluding ortho intramolecular Hbond substituents is 3. The van der Waals surface area contributed by atoms with Crippen molar-refractivity contribution in [2.24, 2.45) is 0 Å². The normalized spacial score (nSPS) is 21.8. The van der Waals surface area contributed by atoms with E-state index in [1.807, 2.05) is 50.2 Å². The molecule has 0 heterocycles. The van der Waals surface area contributed by atoms with E-state index >= 15 is 0 Å². The molecule has 3 heteroatoms. The number of para-hydroxylation sites is 1. The molecule has 0 saturated heterocycles. The highest BCUT2D eigenvalue weighted by atomic mass is 16.3. The van der Waals surface area contributed by atoms with Crippen LogP contribution < -0.4 is 0 Å². The predicted molar refractivity (Wildman–Crippen MR) is 116 cm³/mol. The number of benzene rings is 3. The quantitative estimate of drug-likeness (QED) is 0.511. The Hall–Kier alpha value is -2.94. The number of aromatic hydroxyl groups is 3. The van der Waals surface area contributed by atoms with Crippen molar-refractivity contribution in [1.82, 2.24) is 0 Å². The maximum atomic E-state index is 10.9. The maximum Gasteiger partial charge on any atom is 0.122 e. The maximum absolute atomic E-state index is 10.9. The second-order valence-electron chi connectivity index (χ2n) is 8.42. The minimum atomic E-state index is -0.276. The lowest BCUT2D eigenvalue weighted by molar-refractivity contribution is 0.304. The van der Waals surface area contributed by atoms with Crippen LogP contribution >= 0.6 is 0 Å². The van der Waals surface area contributed by atoms with Gasteiger partial charge in [0, 0.05) is 11.0 Å². The van der Waals surface area contributed by atoms with Crippen molar-refractivity contribution in [3.63, 3.8) is 0 Å². The van der Waals surface area contributed by atoms with Crippen LogP contribution in [0.3, 0.4) is 0 Å². The first-order valence-corrected chi connectivity index (χ1v) is 10.3. The van der Waals surface area contributed by atoms with E-state index in [4.69, 9.17) is 0 Å². The molecule has 0 bridgehead atoms. The summed E-state index contributed by atoms with van der Waals surface area (Å²) in [6, 6.07) is 19.4. The molecule has 0 aromatic heterocycles. The lowest BCUT2D eigenvalue weighted by Crippen LogP contribution is -2.33.